The van der Waals surface area contributed by atoms with Gasteiger partial charge in [0, 0.05) is 17.4 Å². The zero-order valence-corrected chi connectivity index (χ0v) is 12.7. The molecule has 1 amide bonds. The third-order valence-corrected chi connectivity index (χ3v) is 3.28. The van der Waals surface area contributed by atoms with Crippen molar-refractivity contribution in [1.29, 1.82) is 0 Å². The fourth-order valence-electron chi connectivity index (χ4n) is 2.04. The summed E-state index contributed by atoms with van der Waals surface area (Å²) in [5.74, 6) is -0.232. The molecule has 0 unspecified atom stereocenters. The van der Waals surface area contributed by atoms with Crippen LogP contribution in [0.25, 0.3) is 11.3 Å². The number of nitrogens with zero attached hydrogens (tertiary/aromatic N) is 2. The van der Waals surface area contributed by atoms with Crippen molar-refractivity contribution in [3.05, 3.63) is 66.4 Å². The summed E-state index contributed by atoms with van der Waals surface area (Å²) < 4.78 is 9.79. The molecule has 2 aromatic heterocycles. The maximum Gasteiger partial charge on any atom is 0.339 e. The molecule has 0 spiro atoms. The monoisotopic (exact) mass is 323 g/mol. The molecule has 0 saturated heterocycles. The van der Waals surface area contributed by atoms with E-state index in [0.29, 0.717) is 11.4 Å². The van der Waals surface area contributed by atoms with Crippen LogP contribution in [0.2, 0.25) is 0 Å². The summed E-state index contributed by atoms with van der Waals surface area (Å²) >= 11 is 0. The maximum absolute atomic E-state index is 12.2. The van der Waals surface area contributed by atoms with E-state index in [9.17, 15) is 9.59 Å². The molecule has 24 heavy (non-hydrogen) atoms. The number of hydrogen-bond acceptors (Lipinski definition) is 6. The minimum Gasteiger partial charge on any atom is -0.465 e. The molecule has 3 aromatic rings. The van der Waals surface area contributed by atoms with Gasteiger partial charge in [0.25, 0.3) is 5.91 Å². The van der Waals surface area contributed by atoms with Gasteiger partial charge in [-0.25, -0.2) is 9.78 Å². The minimum atomic E-state index is -0.502. The Kier molecular flexibility index (Phi) is 4.33. The van der Waals surface area contributed by atoms with E-state index < -0.39 is 5.97 Å². The first-order valence-corrected chi connectivity index (χ1v) is 7.02. The fraction of sp³-hybridized carbons (Fsp3) is 0.0588. The molecular weight excluding hydrogens is 310 g/mol. The van der Waals surface area contributed by atoms with Crippen molar-refractivity contribution in [3.8, 4) is 11.3 Å². The first-order valence-electron chi connectivity index (χ1n) is 7.02. The number of carbonyl (C=O) groups excluding carboxylic acids is 2. The van der Waals surface area contributed by atoms with Crippen molar-refractivity contribution in [1.82, 2.24) is 9.97 Å². The molecule has 0 radical (unpaired) electrons. The lowest BCUT2D eigenvalue weighted by Crippen LogP contribution is -2.14. The van der Waals surface area contributed by atoms with E-state index in [-0.39, 0.29) is 17.2 Å². The Morgan fingerprint density at radius 2 is 1.88 bits per heavy atom. The van der Waals surface area contributed by atoms with Crippen LogP contribution in [0, 0.1) is 0 Å². The van der Waals surface area contributed by atoms with Gasteiger partial charge in [-0.15, -0.1) is 0 Å². The van der Waals surface area contributed by atoms with Crippen LogP contribution in [-0.2, 0) is 4.74 Å². The SMILES string of the molecule is COC(=O)c1ccc(C(=O)Nc2ccc(-c3cnco3)cc2)nc1. The summed E-state index contributed by atoms with van der Waals surface area (Å²) in [6, 6.07) is 10.1. The highest BCUT2D eigenvalue weighted by Gasteiger charge is 2.11. The summed E-state index contributed by atoms with van der Waals surface area (Å²) in [4.78, 5) is 31.3. The van der Waals surface area contributed by atoms with Crippen molar-refractivity contribution < 1.29 is 18.7 Å². The fourth-order valence-corrected chi connectivity index (χ4v) is 2.04. The predicted octanol–water partition coefficient (Wildman–Crippen LogP) is 2.78. The molecule has 0 atom stereocenters. The maximum atomic E-state index is 12.2. The number of nitrogens with one attached hydrogen (secondary N) is 1. The van der Waals surface area contributed by atoms with Gasteiger partial charge in [-0.1, -0.05) is 0 Å². The number of methoxy groups -OCH3 is 1. The number of carbonyl (C=O) groups is 2. The Morgan fingerprint density at radius 3 is 2.46 bits per heavy atom. The topological polar surface area (TPSA) is 94.3 Å². The lowest BCUT2D eigenvalue weighted by Gasteiger charge is -2.06. The number of anilines is 1. The van der Waals surface area contributed by atoms with Crippen molar-refractivity contribution in [2.24, 2.45) is 0 Å². The van der Waals surface area contributed by atoms with E-state index in [0.717, 1.165) is 5.56 Å². The molecule has 0 fully saturated rings. The molecular formula is C17H13N3O4. The highest BCUT2D eigenvalue weighted by molar-refractivity contribution is 6.03. The van der Waals surface area contributed by atoms with Crippen LogP contribution in [0.1, 0.15) is 20.8 Å². The highest BCUT2D eigenvalue weighted by Crippen LogP contribution is 2.21. The number of ether oxygens (including phenoxy) is 1. The summed E-state index contributed by atoms with van der Waals surface area (Å²) in [7, 11) is 1.28. The first kappa shape index (κ1) is 15.4. The molecule has 7 nitrogen and oxygen atoms in total. The number of esters is 1. The molecule has 0 aliphatic heterocycles. The Hall–Kier alpha value is -3.48. The Balaban J connectivity index is 1.69. The zero-order chi connectivity index (χ0) is 16.9. The van der Waals surface area contributed by atoms with E-state index in [2.05, 4.69) is 20.0 Å². The molecule has 0 bridgehead atoms. The van der Waals surface area contributed by atoms with E-state index in [1.165, 1.54) is 31.8 Å². The van der Waals surface area contributed by atoms with Crippen molar-refractivity contribution in [2.75, 3.05) is 12.4 Å². The van der Waals surface area contributed by atoms with Crippen LogP contribution in [0.3, 0.4) is 0 Å². The number of hydrogen-bond donors (Lipinski definition) is 1. The normalized spacial score (nSPS) is 10.2. The van der Waals surface area contributed by atoms with Crippen LogP contribution < -0.4 is 5.32 Å². The van der Waals surface area contributed by atoms with E-state index in [4.69, 9.17) is 4.42 Å². The van der Waals surface area contributed by atoms with Gasteiger partial charge in [-0.2, -0.15) is 0 Å². The Bertz CT molecular complexity index is 841. The highest BCUT2D eigenvalue weighted by atomic mass is 16.5. The van der Waals surface area contributed by atoms with Gasteiger partial charge in [0.05, 0.1) is 18.9 Å². The van der Waals surface area contributed by atoms with Crippen LogP contribution in [0.15, 0.2) is 59.6 Å². The van der Waals surface area contributed by atoms with Gasteiger partial charge in [-0.05, 0) is 36.4 Å². The summed E-state index contributed by atoms with van der Waals surface area (Å²) in [5.41, 5.74) is 1.94. The average molecular weight is 323 g/mol. The van der Waals surface area contributed by atoms with Crippen LogP contribution in [0.5, 0.6) is 0 Å². The second-order valence-corrected chi connectivity index (χ2v) is 4.82. The zero-order valence-electron chi connectivity index (χ0n) is 12.7. The standard InChI is InChI=1S/C17H13N3O4/c1-23-17(22)12-4-7-14(19-8-12)16(21)20-13-5-2-11(3-6-13)15-9-18-10-24-15/h2-10H,1H3,(H,20,21). The molecule has 3 rings (SSSR count). The van der Waals surface area contributed by atoms with Gasteiger partial charge in [-0.3, -0.25) is 9.78 Å². The molecule has 1 aromatic carbocycles. The van der Waals surface area contributed by atoms with E-state index in [1.807, 2.05) is 12.1 Å². The van der Waals surface area contributed by atoms with Crippen LogP contribution in [-0.4, -0.2) is 29.0 Å². The summed E-state index contributed by atoms with van der Waals surface area (Å²) in [6.07, 6.45) is 4.27. The van der Waals surface area contributed by atoms with Gasteiger partial charge in [0.1, 0.15) is 5.69 Å². The molecule has 1 N–H and O–H groups in total. The summed E-state index contributed by atoms with van der Waals surface area (Å²) in [6.45, 7) is 0. The largest absolute Gasteiger partial charge is 0.465 e. The number of amides is 1. The molecule has 120 valence electrons. The van der Waals surface area contributed by atoms with Crippen molar-refractivity contribution in [2.45, 2.75) is 0 Å². The van der Waals surface area contributed by atoms with Gasteiger partial charge in [0.2, 0.25) is 0 Å². The third kappa shape index (κ3) is 3.30. The van der Waals surface area contributed by atoms with Gasteiger partial charge < -0.3 is 14.5 Å². The van der Waals surface area contributed by atoms with Gasteiger partial charge >= 0.3 is 5.97 Å². The minimum absolute atomic E-state index is 0.196. The number of rotatable bonds is 4. The summed E-state index contributed by atoms with van der Waals surface area (Å²) in [5, 5.41) is 2.73. The molecule has 0 aliphatic rings. The lowest BCUT2D eigenvalue weighted by atomic mass is 10.1. The second kappa shape index (κ2) is 6.74. The average Bonchev–Trinajstić information content (AvgIpc) is 3.16. The first-order chi connectivity index (χ1) is 11.7. The lowest BCUT2D eigenvalue weighted by molar-refractivity contribution is 0.0600. The Morgan fingerprint density at radius 1 is 1.08 bits per heavy atom. The molecule has 2 heterocycles. The quantitative estimate of drug-likeness (QED) is 0.742. The van der Waals surface area contributed by atoms with E-state index >= 15 is 0 Å². The third-order valence-electron chi connectivity index (χ3n) is 3.28. The predicted molar refractivity (Wildman–Crippen MR) is 85.5 cm³/mol. The smallest absolute Gasteiger partial charge is 0.339 e. The number of oxazole rings is 1. The van der Waals surface area contributed by atoms with Gasteiger partial charge in [0.15, 0.2) is 12.2 Å². The van der Waals surface area contributed by atoms with Crippen molar-refractivity contribution >= 4 is 17.6 Å². The van der Waals surface area contributed by atoms with Crippen molar-refractivity contribution in [3.63, 3.8) is 0 Å². The van der Waals surface area contributed by atoms with Crippen LogP contribution in [0.4, 0.5) is 5.69 Å². The second-order valence-electron chi connectivity index (χ2n) is 4.82. The molecule has 0 saturated carbocycles. The number of pyridine rings is 1. The molecule has 7 heteroatoms. The van der Waals surface area contributed by atoms with E-state index in [1.54, 1.807) is 18.3 Å². The number of aromatic nitrogens is 2. The molecule has 0 aliphatic carbocycles. The van der Waals surface area contributed by atoms with Crippen LogP contribution >= 0.6 is 0 Å². The number of benzene rings is 1. The Labute approximate surface area is 137 Å².